The topological polar surface area (TPSA) is 92.4 Å². The monoisotopic (exact) mass is 288 g/mol. The molecule has 1 aliphatic rings. The van der Waals surface area contributed by atoms with Gasteiger partial charge in [-0.3, -0.25) is 9.59 Å². The standard InChI is InChI=1S/C16H20N2O3/c17-16(21)12-4-1-11(2-5-12)3-10-15(20)18-13-6-8-14(19)9-7-13/h1-5,10,13-14,19H,6-9H2,(H2,17,21)(H,18,20)/b10-3+. The van der Waals surface area contributed by atoms with Crippen LogP contribution >= 0.6 is 0 Å². The maximum atomic E-state index is 11.8. The molecule has 5 heteroatoms. The molecule has 4 N–H and O–H groups in total. The fourth-order valence-electron chi connectivity index (χ4n) is 2.40. The van der Waals surface area contributed by atoms with Gasteiger partial charge in [-0.1, -0.05) is 12.1 Å². The smallest absolute Gasteiger partial charge is 0.248 e. The average molecular weight is 288 g/mol. The van der Waals surface area contributed by atoms with Gasteiger partial charge in [0.05, 0.1) is 6.10 Å². The molecule has 5 nitrogen and oxygen atoms in total. The van der Waals surface area contributed by atoms with Crippen molar-refractivity contribution in [3.8, 4) is 0 Å². The number of carbonyl (C=O) groups is 2. The minimum Gasteiger partial charge on any atom is -0.393 e. The van der Waals surface area contributed by atoms with E-state index >= 15 is 0 Å². The van der Waals surface area contributed by atoms with E-state index in [-0.39, 0.29) is 18.1 Å². The number of aliphatic hydroxyl groups excluding tert-OH is 1. The first kappa shape index (κ1) is 15.3. The summed E-state index contributed by atoms with van der Waals surface area (Å²) in [5, 5.41) is 12.3. The molecule has 21 heavy (non-hydrogen) atoms. The van der Waals surface area contributed by atoms with E-state index in [0.29, 0.717) is 5.56 Å². The highest BCUT2D eigenvalue weighted by molar-refractivity contribution is 5.94. The Morgan fingerprint density at radius 1 is 1.14 bits per heavy atom. The molecule has 112 valence electrons. The van der Waals surface area contributed by atoms with Crippen LogP contribution in [0.3, 0.4) is 0 Å². The first-order valence-electron chi connectivity index (χ1n) is 7.11. The number of rotatable bonds is 4. The van der Waals surface area contributed by atoms with Gasteiger partial charge in [0, 0.05) is 17.7 Å². The van der Waals surface area contributed by atoms with E-state index in [0.717, 1.165) is 31.2 Å². The SMILES string of the molecule is NC(=O)c1ccc(/C=C/C(=O)NC2CCC(O)CC2)cc1. The number of benzene rings is 1. The third-order valence-corrected chi connectivity index (χ3v) is 3.67. The van der Waals surface area contributed by atoms with Crippen molar-refractivity contribution in [1.29, 1.82) is 0 Å². The van der Waals surface area contributed by atoms with E-state index in [1.807, 2.05) is 0 Å². The Kier molecular flexibility index (Phi) is 5.11. The maximum absolute atomic E-state index is 11.8. The number of aliphatic hydroxyl groups is 1. The molecule has 2 rings (SSSR count). The molecule has 1 fully saturated rings. The second kappa shape index (κ2) is 7.04. The van der Waals surface area contributed by atoms with Gasteiger partial charge in [-0.2, -0.15) is 0 Å². The number of hydrogen-bond donors (Lipinski definition) is 3. The van der Waals surface area contributed by atoms with E-state index in [1.165, 1.54) is 6.08 Å². The summed E-state index contributed by atoms with van der Waals surface area (Å²) in [4.78, 5) is 22.8. The Balaban J connectivity index is 1.85. The number of hydrogen-bond acceptors (Lipinski definition) is 3. The predicted molar refractivity (Wildman–Crippen MR) is 80.4 cm³/mol. The van der Waals surface area contributed by atoms with Gasteiger partial charge in [0.15, 0.2) is 0 Å². The lowest BCUT2D eigenvalue weighted by Crippen LogP contribution is -2.37. The Morgan fingerprint density at radius 2 is 1.76 bits per heavy atom. The molecule has 0 radical (unpaired) electrons. The third-order valence-electron chi connectivity index (χ3n) is 3.67. The van der Waals surface area contributed by atoms with Gasteiger partial charge in [0.1, 0.15) is 0 Å². The second-order valence-electron chi connectivity index (χ2n) is 5.33. The number of primary amides is 1. The van der Waals surface area contributed by atoms with Crippen molar-refractivity contribution in [3.63, 3.8) is 0 Å². The summed E-state index contributed by atoms with van der Waals surface area (Å²) >= 11 is 0. The highest BCUT2D eigenvalue weighted by Crippen LogP contribution is 2.18. The largest absolute Gasteiger partial charge is 0.393 e. The van der Waals surface area contributed by atoms with Crippen LogP contribution in [0.15, 0.2) is 30.3 Å². The molecule has 2 amide bonds. The van der Waals surface area contributed by atoms with Crippen molar-refractivity contribution >= 4 is 17.9 Å². The van der Waals surface area contributed by atoms with Crippen LogP contribution in [0.4, 0.5) is 0 Å². The van der Waals surface area contributed by atoms with Gasteiger partial charge in [-0.05, 0) is 49.5 Å². The Morgan fingerprint density at radius 3 is 2.33 bits per heavy atom. The molecule has 0 bridgehead atoms. The van der Waals surface area contributed by atoms with Crippen molar-refractivity contribution in [2.45, 2.75) is 37.8 Å². The fourth-order valence-corrected chi connectivity index (χ4v) is 2.40. The zero-order valence-corrected chi connectivity index (χ0v) is 11.8. The molecule has 0 spiro atoms. The van der Waals surface area contributed by atoms with E-state index in [9.17, 15) is 14.7 Å². The van der Waals surface area contributed by atoms with Crippen molar-refractivity contribution < 1.29 is 14.7 Å². The summed E-state index contributed by atoms with van der Waals surface area (Å²) in [7, 11) is 0. The Labute approximate surface area is 123 Å². The van der Waals surface area contributed by atoms with Crippen LogP contribution in [-0.2, 0) is 4.79 Å². The fraction of sp³-hybridized carbons (Fsp3) is 0.375. The number of carbonyl (C=O) groups excluding carboxylic acids is 2. The molecule has 1 saturated carbocycles. The summed E-state index contributed by atoms with van der Waals surface area (Å²) in [5.41, 5.74) is 6.43. The summed E-state index contributed by atoms with van der Waals surface area (Å²) in [5.74, 6) is -0.613. The first-order valence-corrected chi connectivity index (χ1v) is 7.11. The van der Waals surface area contributed by atoms with Crippen LogP contribution in [0.2, 0.25) is 0 Å². The molecule has 0 unspecified atom stereocenters. The number of nitrogens with one attached hydrogen (secondary N) is 1. The van der Waals surface area contributed by atoms with Crippen molar-refractivity contribution in [2.24, 2.45) is 5.73 Å². The number of nitrogens with two attached hydrogens (primary N) is 1. The van der Waals surface area contributed by atoms with Crippen LogP contribution in [0.5, 0.6) is 0 Å². The van der Waals surface area contributed by atoms with E-state index in [1.54, 1.807) is 30.3 Å². The molecular weight excluding hydrogens is 268 g/mol. The van der Waals surface area contributed by atoms with Crippen LogP contribution < -0.4 is 11.1 Å². The molecule has 0 aromatic heterocycles. The zero-order chi connectivity index (χ0) is 15.2. The third kappa shape index (κ3) is 4.72. The molecule has 0 aliphatic heterocycles. The van der Waals surface area contributed by atoms with Crippen molar-refractivity contribution in [3.05, 3.63) is 41.5 Å². The van der Waals surface area contributed by atoms with Crippen LogP contribution in [0.25, 0.3) is 6.08 Å². The summed E-state index contributed by atoms with van der Waals surface area (Å²) in [6.07, 6.45) is 6.05. The molecule has 1 aromatic carbocycles. The quantitative estimate of drug-likeness (QED) is 0.727. The summed E-state index contributed by atoms with van der Waals surface area (Å²) in [6.45, 7) is 0. The Bertz CT molecular complexity index is 529. The lowest BCUT2D eigenvalue weighted by molar-refractivity contribution is -0.117. The highest BCUT2D eigenvalue weighted by Gasteiger charge is 2.19. The maximum Gasteiger partial charge on any atom is 0.248 e. The zero-order valence-electron chi connectivity index (χ0n) is 11.8. The average Bonchev–Trinajstić information content (AvgIpc) is 2.48. The van der Waals surface area contributed by atoms with Crippen LogP contribution in [0, 0.1) is 0 Å². The van der Waals surface area contributed by atoms with Crippen molar-refractivity contribution in [1.82, 2.24) is 5.32 Å². The molecule has 1 aromatic rings. The number of amides is 2. The summed E-state index contributed by atoms with van der Waals surface area (Å²) < 4.78 is 0. The van der Waals surface area contributed by atoms with Gasteiger partial charge in [0.2, 0.25) is 11.8 Å². The first-order chi connectivity index (χ1) is 10.0. The molecule has 1 aliphatic carbocycles. The normalized spacial score (nSPS) is 22.1. The van der Waals surface area contributed by atoms with Gasteiger partial charge in [-0.25, -0.2) is 0 Å². The Hall–Kier alpha value is -2.14. The molecule has 0 atom stereocenters. The lowest BCUT2D eigenvalue weighted by atomic mass is 9.93. The van der Waals surface area contributed by atoms with Crippen molar-refractivity contribution in [2.75, 3.05) is 0 Å². The van der Waals surface area contributed by atoms with Gasteiger partial charge in [-0.15, -0.1) is 0 Å². The summed E-state index contributed by atoms with van der Waals surface area (Å²) in [6, 6.07) is 6.87. The van der Waals surface area contributed by atoms with Crippen LogP contribution in [-0.4, -0.2) is 29.1 Å². The second-order valence-corrected chi connectivity index (χ2v) is 5.33. The minimum atomic E-state index is -0.470. The van der Waals surface area contributed by atoms with E-state index in [2.05, 4.69) is 5.32 Å². The van der Waals surface area contributed by atoms with Gasteiger partial charge in [0.25, 0.3) is 0 Å². The van der Waals surface area contributed by atoms with Gasteiger partial charge >= 0.3 is 0 Å². The van der Waals surface area contributed by atoms with E-state index in [4.69, 9.17) is 5.73 Å². The van der Waals surface area contributed by atoms with Gasteiger partial charge < -0.3 is 16.2 Å². The predicted octanol–water partition coefficient (Wildman–Crippen LogP) is 1.22. The molecular formula is C16H20N2O3. The van der Waals surface area contributed by atoms with Crippen LogP contribution in [0.1, 0.15) is 41.6 Å². The molecule has 0 heterocycles. The highest BCUT2D eigenvalue weighted by atomic mass is 16.3. The van der Waals surface area contributed by atoms with E-state index < -0.39 is 5.91 Å². The lowest BCUT2D eigenvalue weighted by Gasteiger charge is -2.25. The minimum absolute atomic E-state index is 0.141. The molecule has 0 saturated heterocycles.